The van der Waals surface area contributed by atoms with Gasteiger partial charge in [-0.1, -0.05) is 0 Å². The first-order valence-corrected chi connectivity index (χ1v) is 5.46. The van der Waals surface area contributed by atoms with Crippen LogP contribution in [0.4, 0.5) is 11.4 Å². The van der Waals surface area contributed by atoms with E-state index in [0.717, 1.165) is 30.2 Å². The molecule has 4 nitrogen and oxygen atoms in total. The Labute approximate surface area is 96.6 Å². The van der Waals surface area contributed by atoms with Crippen LogP contribution in [-0.2, 0) is 0 Å². The van der Waals surface area contributed by atoms with Gasteiger partial charge in [0, 0.05) is 25.2 Å². The Bertz CT molecular complexity index is 373. The Balaban J connectivity index is 2.10. The number of nitrogens with two attached hydrogens (primary N) is 1. The fourth-order valence-corrected chi connectivity index (χ4v) is 1.90. The van der Waals surface area contributed by atoms with Crippen molar-refractivity contribution >= 4 is 11.4 Å². The van der Waals surface area contributed by atoms with Gasteiger partial charge in [-0.15, -0.1) is 0 Å². The minimum absolute atomic E-state index is 0.630. The van der Waals surface area contributed by atoms with Crippen molar-refractivity contribution in [1.82, 2.24) is 4.90 Å². The van der Waals surface area contributed by atoms with Gasteiger partial charge in [0.25, 0.3) is 0 Å². The number of benzene rings is 1. The molecule has 0 saturated carbocycles. The second-order valence-electron chi connectivity index (χ2n) is 4.45. The summed E-state index contributed by atoms with van der Waals surface area (Å²) in [6.45, 7) is 2.06. The molecule has 88 valence electrons. The molecule has 1 fully saturated rings. The van der Waals surface area contributed by atoms with Crippen LogP contribution in [0.2, 0.25) is 0 Å². The second-order valence-corrected chi connectivity index (χ2v) is 4.45. The average molecular weight is 221 g/mol. The van der Waals surface area contributed by atoms with E-state index in [0.29, 0.717) is 6.04 Å². The number of methoxy groups -OCH3 is 1. The minimum atomic E-state index is 0.630. The highest BCUT2D eigenvalue weighted by molar-refractivity contribution is 5.70. The van der Waals surface area contributed by atoms with Crippen LogP contribution in [0, 0.1) is 0 Å². The van der Waals surface area contributed by atoms with E-state index in [1.807, 2.05) is 18.2 Å². The standard InChI is InChI=1S/C12H19N3O/c1-14(2)9-7-15(8-9)12-6-10(16-3)4-5-11(12)13/h4-6,9H,7-8,13H2,1-3H3. The molecule has 0 radical (unpaired) electrons. The molecule has 1 aromatic carbocycles. The zero-order valence-corrected chi connectivity index (χ0v) is 10.1. The van der Waals surface area contributed by atoms with E-state index in [1.54, 1.807) is 7.11 Å². The van der Waals surface area contributed by atoms with Crippen molar-refractivity contribution in [3.8, 4) is 5.75 Å². The van der Waals surface area contributed by atoms with Gasteiger partial charge in [0.15, 0.2) is 0 Å². The number of anilines is 2. The van der Waals surface area contributed by atoms with Crippen molar-refractivity contribution in [2.24, 2.45) is 0 Å². The van der Waals surface area contributed by atoms with Gasteiger partial charge >= 0.3 is 0 Å². The largest absolute Gasteiger partial charge is 0.497 e. The molecular weight excluding hydrogens is 202 g/mol. The third kappa shape index (κ3) is 1.93. The molecule has 0 aliphatic carbocycles. The zero-order chi connectivity index (χ0) is 11.7. The third-order valence-corrected chi connectivity index (χ3v) is 3.17. The molecule has 0 atom stereocenters. The van der Waals surface area contributed by atoms with Crippen molar-refractivity contribution in [1.29, 1.82) is 0 Å². The molecule has 0 bridgehead atoms. The zero-order valence-electron chi connectivity index (χ0n) is 10.1. The van der Waals surface area contributed by atoms with E-state index >= 15 is 0 Å². The van der Waals surface area contributed by atoms with Crippen LogP contribution >= 0.6 is 0 Å². The van der Waals surface area contributed by atoms with Gasteiger partial charge in [-0.05, 0) is 26.2 Å². The van der Waals surface area contributed by atoms with E-state index in [1.165, 1.54) is 0 Å². The summed E-state index contributed by atoms with van der Waals surface area (Å²) in [6, 6.07) is 6.42. The molecule has 1 saturated heterocycles. The predicted octanol–water partition coefficient (Wildman–Crippen LogP) is 1.03. The molecule has 0 aromatic heterocycles. The summed E-state index contributed by atoms with van der Waals surface area (Å²) < 4.78 is 5.21. The summed E-state index contributed by atoms with van der Waals surface area (Å²) >= 11 is 0. The third-order valence-electron chi connectivity index (χ3n) is 3.17. The van der Waals surface area contributed by atoms with E-state index in [9.17, 15) is 0 Å². The summed E-state index contributed by atoms with van der Waals surface area (Å²) in [5, 5.41) is 0. The van der Waals surface area contributed by atoms with E-state index in [-0.39, 0.29) is 0 Å². The van der Waals surface area contributed by atoms with Gasteiger partial charge in [0.2, 0.25) is 0 Å². The van der Waals surface area contributed by atoms with Crippen LogP contribution in [0.3, 0.4) is 0 Å². The van der Waals surface area contributed by atoms with Gasteiger partial charge < -0.3 is 20.3 Å². The fourth-order valence-electron chi connectivity index (χ4n) is 1.90. The lowest BCUT2D eigenvalue weighted by Gasteiger charge is -2.44. The number of rotatable bonds is 3. The Morgan fingerprint density at radius 2 is 2.06 bits per heavy atom. The van der Waals surface area contributed by atoms with Gasteiger partial charge in [-0.25, -0.2) is 0 Å². The van der Waals surface area contributed by atoms with E-state index in [4.69, 9.17) is 10.5 Å². The molecule has 0 unspecified atom stereocenters. The lowest BCUT2D eigenvalue weighted by molar-refractivity contribution is 0.247. The minimum Gasteiger partial charge on any atom is -0.497 e. The predicted molar refractivity (Wildman–Crippen MR) is 67.1 cm³/mol. The normalized spacial score (nSPS) is 16.4. The van der Waals surface area contributed by atoms with Crippen molar-refractivity contribution in [3.05, 3.63) is 18.2 Å². The summed E-state index contributed by atoms with van der Waals surface area (Å²) in [7, 11) is 5.89. The van der Waals surface area contributed by atoms with Gasteiger partial charge in [-0.2, -0.15) is 0 Å². The number of nitrogens with zero attached hydrogens (tertiary/aromatic N) is 2. The van der Waals surface area contributed by atoms with Gasteiger partial charge in [-0.3, -0.25) is 0 Å². The first-order chi connectivity index (χ1) is 7.61. The number of likely N-dealkylation sites (N-methyl/N-ethyl adjacent to an activating group) is 1. The van der Waals surface area contributed by atoms with Crippen molar-refractivity contribution in [2.45, 2.75) is 6.04 Å². The monoisotopic (exact) mass is 221 g/mol. The lowest BCUT2D eigenvalue weighted by Crippen LogP contribution is -2.57. The Morgan fingerprint density at radius 3 is 2.62 bits per heavy atom. The number of nitrogen functional groups attached to an aromatic ring is 1. The summed E-state index contributed by atoms with van der Waals surface area (Å²) in [5.41, 5.74) is 7.86. The summed E-state index contributed by atoms with van der Waals surface area (Å²) in [4.78, 5) is 4.52. The molecule has 0 spiro atoms. The molecule has 0 amide bonds. The number of ether oxygens (including phenoxy) is 1. The van der Waals surface area contributed by atoms with Gasteiger partial charge in [0.1, 0.15) is 5.75 Å². The maximum Gasteiger partial charge on any atom is 0.121 e. The Morgan fingerprint density at radius 1 is 1.38 bits per heavy atom. The highest BCUT2D eigenvalue weighted by Crippen LogP contribution is 2.31. The second kappa shape index (κ2) is 4.22. The van der Waals surface area contributed by atoms with Crippen LogP contribution in [-0.4, -0.2) is 45.2 Å². The van der Waals surface area contributed by atoms with Crippen LogP contribution in [0.15, 0.2) is 18.2 Å². The van der Waals surface area contributed by atoms with E-state index < -0.39 is 0 Å². The Kier molecular flexibility index (Phi) is 2.92. The van der Waals surface area contributed by atoms with Crippen molar-refractivity contribution < 1.29 is 4.74 Å². The molecule has 2 N–H and O–H groups in total. The van der Waals surface area contributed by atoms with Crippen molar-refractivity contribution in [2.75, 3.05) is 44.9 Å². The van der Waals surface area contributed by atoms with Crippen LogP contribution in [0.1, 0.15) is 0 Å². The fraction of sp³-hybridized carbons (Fsp3) is 0.500. The Hall–Kier alpha value is -1.42. The summed E-state index contributed by atoms with van der Waals surface area (Å²) in [5.74, 6) is 0.859. The lowest BCUT2D eigenvalue weighted by atomic mass is 10.1. The smallest absolute Gasteiger partial charge is 0.121 e. The maximum atomic E-state index is 5.97. The number of hydrogen-bond donors (Lipinski definition) is 1. The van der Waals surface area contributed by atoms with Gasteiger partial charge in [0.05, 0.1) is 18.5 Å². The molecule has 1 aliphatic heterocycles. The average Bonchev–Trinajstić information content (AvgIpc) is 2.18. The molecule has 16 heavy (non-hydrogen) atoms. The van der Waals surface area contributed by atoms with Crippen molar-refractivity contribution in [3.63, 3.8) is 0 Å². The van der Waals surface area contributed by atoms with Crippen LogP contribution in [0.25, 0.3) is 0 Å². The first kappa shape index (κ1) is 11.1. The molecule has 1 aliphatic rings. The highest BCUT2D eigenvalue weighted by Gasteiger charge is 2.29. The molecule has 1 aromatic rings. The summed E-state index contributed by atoms with van der Waals surface area (Å²) in [6.07, 6.45) is 0. The molecule has 2 rings (SSSR count). The highest BCUT2D eigenvalue weighted by atomic mass is 16.5. The molecular formula is C12H19N3O. The van der Waals surface area contributed by atoms with Crippen LogP contribution in [0.5, 0.6) is 5.75 Å². The quantitative estimate of drug-likeness (QED) is 0.774. The SMILES string of the molecule is COc1ccc(N)c(N2CC(N(C)C)C2)c1. The molecule has 1 heterocycles. The first-order valence-electron chi connectivity index (χ1n) is 5.46. The molecule has 4 heteroatoms. The van der Waals surface area contributed by atoms with E-state index in [2.05, 4.69) is 23.9 Å². The number of hydrogen-bond acceptors (Lipinski definition) is 4. The maximum absolute atomic E-state index is 5.97. The van der Waals surface area contributed by atoms with Crippen LogP contribution < -0.4 is 15.4 Å². The topological polar surface area (TPSA) is 41.7 Å².